The monoisotopic (exact) mass is 290 g/mol. The Balaban J connectivity index is 2.36. The molecule has 0 aromatic carbocycles. The van der Waals surface area contributed by atoms with Crippen LogP contribution in [0.15, 0.2) is 27.3 Å². The van der Waals surface area contributed by atoms with E-state index in [1.54, 1.807) is 0 Å². The highest BCUT2D eigenvalue weighted by atomic mass is 32.2. The van der Waals surface area contributed by atoms with Crippen LogP contribution in [-0.4, -0.2) is 18.5 Å². The van der Waals surface area contributed by atoms with Gasteiger partial charge in [0.05, 0.1) is 11.1 Å². The van der Waals surface area contributed by atoms with Crippen LogP contribution >= 0.6 is 11.3 Å². The van der Waals surface area contributed by atoms with E-state index in [1.807, 2.05) is 0 Å². The maximum atomic E-state index is 11.8. The largest absolute Gasteiger partial charge is 0.385 e. The van der Waals surface area contributed by atoms with E-state index in [0.29, 0.717) is 11.3 Å². The topological polar surface area (TPSA) is 141 Å². The van der Waals surface area contributed by atoms with E-state index < -0.39 is 20.6 Å². The molecule has 2 heterocycles. The van der Waals surface area contributed by atoms with Crippen molar-refractivity contribution in [3.8, 4) is 0 Å². The number of nitrogens with two attached hydrogens (primary N) is 1. The molecular weight excluding hydrogens is 284 g/mol. The first-order valence-electron chi connectivity index (χ1n) is 4.36. The second kappa shape index (κ2) is 4.27. The van der Waals surface area contributed by atoms with Gasteiger partial charge in [-0.2, -0.15) is 0 Å². The molecule has 0 bridgehead atoms. The minimum absolute atomic E-state index is 0.115. The zero-order valence-electron chi connectivity index (χ0n) is 8.56. The molecule has 0 amide bonds. The van der Waals surface area contributed by atoms with Crippen molar-refractivity contribution >= 4 is 37.7 Å². The standard InChI is InChI=1S/C7H6N4O5S2/c8-7-5(11(12)13)1-6(17-7)18(14,15)10-4-2-9-16-3-4/h1-3,10H,8H2. The summed E-state index contributed by atoms with van der Waals surface area (Å²) in [4.78, 5) is 9.83. The molecule has 0 unspecified atom stereocenters. The van der Waals surface area contributed by atoms with Gasteiger partial charge in [0, 0.05) is 6.07 Å². The van der Waals surface area contributed by atoms with Crippen LogP contribution in [0.1, 0.15) is 0 Å². The summed E-state index contributed by atoms with van der Waals surface area (Å²) in [7, 11) is -3.93. The Bertz CT molecular complexity index is 675. The Kier molecular flexibility index (Phi) is 2.92. The third kappa shape index (κ3) is 2.26. The highest BCUT2D eigenvalue weighted by molar-refractivity contribution is 7.94. The Labute approximate surface area is 104 Å². The molecule has 0 atom stereocenters. The first-order valence-corrected chi connectivity index (χ1v) is 6.66. The fourth-order valence-electron chi connectivity index (χ4n) is 1.11. The van der Waals surface area contributed by atoms with Crippen molar-refractivity contribution in [3.63, 3.8) is 0 Å². The lowest BCUT2D eigenvalue weighted by Gasteiger charge is -2.00. The van der Waals surface area contributed by atoms with E-state index in [-0.39, 0.29) is 14.9 Å². The summed E-state index contributed by atoms with van der Waals surface area (Å²) in [5.74, 6) is 0. The van der Waals surface area contributed by atoms with Crippen molar-refractivity contribution < 1.29 is 17.9 Å². The summed E-state index contributed by atoms with van der Waals surface area (Å²) in [5.41, 5.74) is 5.04. The molecule has 0 saturated heterocycles. The molecule has 3 N–H and O–H groups in total. The summed E-state index contributed by atoms with van der Waals surface area (Å²) in [6.45, 7) is 0. The number of hydrogen-bond donors (Lipinski definition) is 2. The minimum atomic E-state index is -3.93. The van der Waals surface area contributed by atoms with Crippen molar-refractivity contribution in [3.05, 3.63) is 28.6 Å². The van der Waals surface area contributed by atoms with Gasteiger partial charge in [-0.15, -0.1) is 0 Å². The van der Waals surface area contributed by atoms with Gasteiger partial charge < -0.3 is 10.3 Å². The van der Waals surface area contributed by atoms with Crippen LogP contribution in [0.5, 0.6) is 0 Å². The third-order valence-electron chi connectivity index (χ3n) is 1.86. The van der Waals surface area contributed by atoms with E-state index in [0.717, 1.165) is 18.5 Å². The Morgan fingerprint density at radius 2 is 2.28 bits per heavy atom. The van der Waals surface area contributed by atoms with Gasteiger partial charge in [0.1, 0.15) is 16.2 Å². The van der Waals surface area contributed by atoms with E-state index in [1.165, 1.54) is 0 Å². The second-order valence-electron chi connectivity index (χ2n) is 3.09. The van der Waals surface area contributed by atoms with Crippen molar-refractivity contribution in [2.45, 2.75) is 4.21 Å². The van der Waals surface area contributed by atoms with Gasteiger partial charge in [0.25, 0.3) is 10.0 Å². The van der Waals surface area contributed by atoms with E-state index in [4.69, 9.17) is 5.73 Å². The molecule has 0 aliphatic carbocycles. The van der Waals surface area contributed by atoms with Crippen LogP contribution in [0.25, 0.3) is 0 Å². The molecule has 0 aliphatic heterocycles. The summed E-state index contributed by atoms with van der Waals surface area (Å²) in [6.07, 6.45) is 2.24. The number of sulfonamides is 1. The average molecular weight is 290 g/mol. The second-order valence-corrected chi connectivity index (χ2v) is 6.08. The number of aromatic nitrogens is 1. The first kappa shape index (κ1) is 12.3. The molecule has 0 radical (unpaired) electrons. The van der Waals surface area contributed by atoms with E-state index in [2.05, 4.69) is 14.4 Å². The van der Waals surface area contributed by atoms with Gasteiger partial charge in [0.15, 0.2) is 5.00 Å². The summed E-state index contributed by atoms with van der Waals surface area (Å²) >= 11 is 0.606. The molecule has 2 rings (SSSR count). The van der Waals surface area contributed by atoms with Gasteiger partial charge in [-0.05, 0) is 0 Å². The summed E-state index contributed by atoms with van der Waals surface area (Å²) < 4.78 is 30.0. The lowest BCUT2D eigenvalue weighted by Crippen LogP contribution is -2.10. The SMILES string of the molecule is Nc1sc(S(=O)(=O)Nc2cnoc2)cc1[N+](=O)[O-]. The summed E-state index contributed by atoms with van der Waals surface area (Å²) in [5, 5.41) is 13.7. The molecule has 11 heteroatoms. The fraction of sp³-hybridized carbons (Fsp3) is 0. The van der Waals surface area contributed by atoms with E-state index in [9.17, 15) is 18.5 Å². The predicted octanol–water partition coefficient (Wildman–Crippen LogP) is 1.03. The van der Waals surface area contributed by atoms with Gasteiger partial charge in [-0.1, -0.05) is 16.5 Å². The van der Waals surface area contributed by atoms with Crippen molar-refractivity contribution in [1.82, 2.24) is 5.16 Å². The Morgan fingerprint density at radius 1 is 1.56 bits per heavy atom. The quantitative estimate of drug-likeness (QED) is 0.632. The highest BCUT2D eigenvalue weighted by Gasteiger charge is 2.25. The van der Waals surface area contributed by atoms with Crippen molar-refractivity contribution in [2.75, 3.05) is 10.5 Å². The van der Waals surface area contributed by atoms with Crippen molar-refractivity contribution in [2.24, 2.45) is 0 Å². The van der Waals surface area contributed by atoms with Crippen LogP contribution in [-0.2, 0) is 10.0 Å². The number of nitro groups is 1. The molecule has 2 aromatic heterocycles. The van der Waals surface area contributed by atoms with Crippen molar-refractivity contribution in [1.29, 1.82) is 0 Å². The molecule has 0 spiro atoms. The fourth-order valence-corrected chi connectivity index (χ4v) is 3.35. The normalized spacial score (nSPS) is 11.3. The molecular formula is C7H6N4O5S2. The molecule has 0 fully saturated rings. The Hall–Kier alpha value is -2.14. The zero-order valence-corrected chi connectivity index (χ0v) is 10.2. The van der Waals surface area contributed by atoms with Gasteiger partial charge in [-0.3, -0.25) is 14.8 Å². The predicted molar refractivity (Wildman–Crippen MR) is 62.7 cm³/mol. The smallest absolute Gasteiger partial charge is 0.304 e. The van der Waals surface area contributed by atoms with Crippen LogP contribution in [0.3, 0.4) is 0 Å². The minimum Gasteiger partial charge on any atom is -0.385 e. The maximum Gasteiger partial charge on any atom is 0.304 e. The number of rotatable bonds is 4. The molecule has 0 aliphatic rings. The molecule has 0 saturated carbocycles. The van der Waals surface area contributed by atoms with Crippen LogP contribution in [0.4, 0.5) is 16.4 Å². The summed E-state index contributed by atoms with van der Waals surface area (Å²) in [6, 6.07) is 0.899. The third-order valence-corrected chi connectivity index (χ3v) is 4.67. The lowest BCUT2D eigenvalue weighted by molar-refractivity contribution is -0.383. The number of nitrogen functional groups attached to an aromatic ring is 1. The van der Waals surface area contributed by atoms with Crippen LogP contribution < -0.4 is 10.5 Å². The number of nitrogens with one attached hydrogen (secondary N) is 1. The number of hydrogen-bond acceptors (Lipinski definition) is 8. The van der Waals surface area contributed by atoms with Gasteiger partial charge in [0.2, 0.25) is 0 Å². The maximum absolute atomic E-state index is 11.8. The lowest BCUT2D eigenvalue weighted by atomic mass is 10.5. The molecule has 96 valence electrons. The molecule has 9 nitrogen and oxygen atoms in total. The number of thiophene rings is 1. The first-order chi connectivity index (χ1) is 8.40. The molecule has 2 aromatic rings. The van der Waals surface area contributed by atoms with E-state index >= 15 is 0 Å². The van der Waals surface area contributed by atoms with Crippen LogP contribution in [0.2, 0.25) is 0 Å². The zero-order chi connectivity index (χ0) is 13.3. The average Bonchev–Trinajstić information content (AvgIpc) is 2.86. The van der Waals surface area contributed by atoms with Gasteiger partial charge >= 0.3 is 5.69 Å². The highest BCUT2D eigenvalue weighted by Crippen LogP contribution is 2.35. The molecule has 18 heavy (non-hydrogen) atoms. The number of nitrogens with zero attached hydrogens (tertiary/aromatic N) is 2. The van der Waals surface area contributed by atoms with Gasteiger partial charge in [-0.25, -0.2) is 8.42 Å². The Morgan fingerprint density at radius 3 is 2.78 bits per heavy atom. The number of anilines is 2. The van der Waals surface area contributed by atoms with Crippen LogP contribution in [0, 0.1) is 10.1 Å².